The van der Waals surface area contributed by atoms with Crippen molar-refractivity contribution in [3.8, 4) is 5.75 Å². The Morgan fingerprint density at radius 3 is 2.59 bits per heavy atom. The summed E-state index contributed by atoms with van der Waals surface area (Å²) < 4.78 is 5.95. The maximum Gasteiger partial charge on any atom is 0.255 e. The van der Waals surface area contributed by atoms with E-state index in [9.17, 15) is 9.59 Å². The third-order valence-electron chi connectivity index (χ3n) is 5.50. The second-order valence-electron chi connectivity index (χ2n) is 7.71. The van der Waals surface area contributed by atoms with E-state index in [1.165, 1.54) is 5.56 Å². The van der Waals surface area contributed by atoms with Crippen LogP contribution in [0.1, 0.15) is 38.3 Å². The lowest BCUT2D eigenvalue weighted by molar-refractivity contribution is 0.0713. The number of nitrogens with zero attached hydrogens (tertiary/aromatic N) is 1. The molecule has 1 heterocycles. The van der Waals surface area contributed by atoms with Crippen molar-refractivity contribution >= 4 is 23.4 Å². The molecule has 32 heavy (non-hydrogen) atoms. The maximum atomic E-state index is 13.3. The van der Waals surface area contributed by atoms with Crippen molar-refractivity contribution in [2.45, 2.75) is 19.4 Å². The van der Waals surface area contributed by atoms with Gasteiger partial charge in [0, 0.05) is 23.7 Å². The average Bonchev–Trinajstić information content (AvgIpc) is 2.81. The molecule has 1 aliphatic rings. The van der Waals surface area contributed by atoms with Gasteiger partial charge in [0.05, 0.1) is 12.1 Å². The molecule has 3 aromatic carbocycles. The molecule has 164 valence electrons. The van der Waals surface area contributed by atoms with Gasteiger partial charge in [-0.1, -0.05) is 54.1 Å². The van der Waals surface area contributed by atoms with E-state index >= 15 is 0 Å². The Morgan fingerprint density at radius 2 is 1.75 bits per heavy atom. The van der Waals surface area contributed by atoms with Gasteiger partial charge in [-0.05, 0) is 54.3 Å². The summed E-state index contributed by atoms with van der Waals surface area (Å²) in [4.78, 5) is 27.8. The SMILES string of the molecule is O=C1NCCCc2ccccc2CN(C(=O)c2cccc(Cl)c2)CCOc2ccccc21. The van der Waals surface area contributed by atoms with Gasteiger partial charge in [0.2, 0.25) is 0 Å². The summed E-state index contributed by atoms with van der Waals surface area (Å²) in [5, 5.41) is 3.50. The fourth-order valence-corrected chi connectivity index (χ4v) is 4.03. The van der Waals surface area contributed by atoms with Crippen LogP contribution in [0.5, 0.6) is 5.75 Å². The fraction of sp³-hybridized carbons (Fsp3) is 0.231. The third kappa shape index (κ3) is 5.29. The summed E-state index contributed by atoms with van der Waals surface area (Å²) >= 11 is 6.12. The molecule has 0 saturated heterocycles. The number of hydrogen-bond acceptors (Lipinski definition) is 3. The molecule has 0 bridgehead atoms. The molecule has 5 nitrogen and oxygen atoms in total. The number of carbonyl (C=O) groups is 2. The van der Waals surface area contributed by atoms with Gasteiger partial charge >= 0.3 is 0 Å². The molecule has 0 fully saturated rings. The standard InChI is InChI=1S/C26H25ClN2O3/c27-22-11-5-9-20(17-22)26(31)29-15-16-32-24-13-4-3-12-23(24)25(30)28-14-6-10-19-7-1-2-8-21(19)18-29/h1-5,7-9,11-13,17H,6,10,14-16,18H2,(H,28,30). The summed E-state index contributed by atoms with van der Waals surface area (Å²) in [6.07, 6.45) is 1.61. The number of nitrogens with one attached hydrogen (secondary N) is 1. The van der Waals surface area contributed by atoms with Crippen LogP contribution in [-0.2, 0) is 13.0 Å². The van der Waals surface area contributed by atoms with Crippen LogP contribution in [0.15, 0.2) is 72.8 Å². The van der Waals surface area contributed by atoms with E-state index < -0.39 is 0 Å². The minimum Gasteiger partial charge on any atom is -0.491 e. The first-order valence-corrected chi connectivity index (χ1v) is 11.1. The van der Waals surface area contributed by atoms with Crippen LogP contribution in [0.2, 0.25) is 5.02 Å². The molecule has 0 saturated carbocycles. The van der Waals surface area contributed by atoms with Gasteiger partial charge in [0.25, 0.3) is 11.8 Å². The van der Waals surface area contributed by atoms with Crippen LogP contribution in [0.3, 0.4) is 0 Å². The Hall–Kier alpha value is -3.31. The number of benzene rings is 3. The topological polar surface area (TPSA) is 58.6 Å². The number of aryl methyl sites for hydroxylation is 1. The Bertz CT molecular complexity index is 1120. The minimum atomic E-state index is -0.155. The second-order valence-corrected chi connectivity index (χ2v) is 8.15. The lowest BCUT2D eigenvalue weighted by Gasteiger charge is -2.25. The third-order valence-corrected chi connectivity index (χ3v) is 5.73. The van der Waals surface area contributed by atoms with Crippen LogP contribution in [0.25, 0.3) is 0 Å². The van der Waals surface area contributed by atoms with Crippen LogP contribution >= 0.6 is 11.6 Å². The summed E-state index contributed by atoms with van der Waals surface area (Å²) in [6.45, 7) is 1.67. The number of hydrogen-bond donors (Lipinski definition) is 1. The summed E-state index contributed by atoms with van der Waals surface area (Å²) in [5.41, 5.74) is 3.30. The number of carbonyl (C=O) groups excluding carboxylic acids is 2. The highest BCUT2D eigenvalue weighted by molar-refractivity contribution is 6.30. The van der Waals surface area contributed by atoms with Crippen molar-refractivity contribution in [3.63, 3.8) is 0 Å². The maximum absolute atomic E-state index is 13.3. The van der Waals surface area contributed by atoms with Gasteiger partial charge in [-0.15, -0.1) is 0 Å². The number of halogens is 1. The molecule has 4 rings (SSSR count). The molecular weight excluding hydrogens is 424 g/mol. The molecule has 1 aliphatic heterocycles. The normalized spacial score (nSPS) is 14.9. The molecule has 3 aromatic rings. The van der Waals surface area contributed by atoms with Gasteiger partial charge < -0.3 is 15.0 Å². The molecule has 0 aliphatic carbocycles. The van der Waals surface area contributed by atoms with Crippen molar-refractivity contribution < 1.29 is 14.3 Å². The lowest BCUT2D eigenvalue weighted by atomic mass is 10.0. The summed E-state index contributed by atoms with van der Waals surface area (Å²) in [7, 11) is 0. The minimum absolute atomic E-state index is 0.107. The zero-order valence-electron chi connectivity index (χ0n) is 17.7. The van der Waals surface area contributed by atoms with Crippen molar-refractivity contribution in [2.75, 3.05) is 19.7 Å². The molecule has 0 radical (unpaired) electrons. The predicted molar refractivity (Wildman–Crippen MR) is 125 cm³/mol. The van der Waals surface area contributed by atoms with Crippen LogP contribution in [0.4, 0.5) is 0 Å². The van der Waals surface area contributed by atoms with E-state index in [2.05, 4.69) is 11.4 Å². The number of amides is 2. The van der Waals surface area contributed by atoms with Crippen molar-refractivity contribution in [3.05, 3.63) is 100 Å². The van der Waals surface area contributed by atoms with Gasteiger partial charge in [-0.25, -0.2) is 0 Å². The first kappa shape index (κ1) is 21.9. The number of ether oxygens (including phenoxy) is 1. The van der Waals surface area contributed by atoms with E-state index in [-0.39, 0.29) is 18.4 Å². The molecule has 0 spiro atoms. The van der Waals surface area contributed by atoms with Gasteiger partial charge in [0.1, 0.15) is 12.4 Å². The molecule has 1 N–H and O–H groups in total. The second kappa shape index (κ2) is 10.3. The first-order valence-electron chi connectivity index (χ1n) is 10.7. The Kier molecular flexibility index (Phi) is 7.07. The van der Waals surface area contributed by atoms with E-state index in [0.29, 0.717) is 41.5 Å². The highest BCUT2D eigenvalue weighted by Crippen LogP contribution is 2.21. The quantitative estimate of drug-likeness (QED) is 0.585. The van der Waals surface area contributed by atoms with E-state index in [0.717, 1.165) is 18.4 Å². The van der Waals surface area contributed by atoms with Crippen molar-refractivity contribution in [1.29, 1.82) is 0 Å². The zero-order chi connectivity index (χ0) is 22.3. The number of para-hydroxylation sites is 1. The molecule has 0 unspecified atom stereocenters. The molecular formula is C26H25ClN2O3. The van der Waals surface area contributed by atoms with Gasteiger partial charge in [-0.2, -0.15) is 0 Å². The van der Waals surface area contributed by atoms with Crippen LogP contribution < -0.4 is 10.1 Å². The fourth-order valence-electron chi connectivity index (χ4n) is 3.84. The molecule has 2 amide bonds. The lowest BCUT2D eigenvalue weighted by Crippen LogP contribution is -2.35. The van der Waals surface area contributed by atoms with E-state index in [4.69, 9.17) is 16.3 Å². The monoisotopic (exact) mass is 448 g/mol. The smallest absolute Gasteiger partial charge is 0.255 e. The predicted octanol–water partition coefficient (Wildman–Crippen LogP) is 4.74. The van der Waals surface area contributed by atoms with E-state index in [1.807, 2.05) is 30.3 Å². The zero-order valence-corrected chi connectivity index (χ0v) is 18.5. The molecule has 0 aromatic heterocycles. The van der Waals surface area contributed by atoms with Crippen molar-refractivity contribution in [2.24, 2.45) is 0 Å². The largest absolute Gasteiger partial charge is 0.491 e. The van der Waals surface area contributed by atoms with Gasteiger partial charge in [-0.3, -0.25) is 9.59 Å². The highest BCUT2D eigenvalue weighted by atomic mass is 35.5. The number of fused-ring (bicyclic) bond motifs is 2. The Balaban J connectivity index is 1.64. The van der Waals surface area contributed by atoms with Gasteiger partial charge in [0.15, 0.2) is 0 Å². The van der Waals surface area contributed by atoms with Crippen molar-refractivity contribution in [1.82, 2.24) is 10.2 Å². The molecule has 6 heteroatoms. The van der Waals surface area contributed by atoms with E-state index in [1.54, 1.807) is 41.3 Å². The molecule has 0 atom stereocenters. The first-order chi connectivity index (χ1) is 15.6. The summed E-state index contributed by atoms with van der Waals surface area (Å²) in [6, 6.07) is 22.3. The summed E-state index contributed by atoms with van der Waals surface area (Å²) in [5.74, 6) is 0.249. The highest BCUT2D eigenvalue weighted by Gasteiger charge is 2.19. The van der Waals surface area contributed by atoms with Crippen LogP contribution in [-0.4, -0.2) is 36.4 Å². The average molecular weight is 449 g/mol. The van der Waals surface area contributed by atoms with Crippen LogP contribution in [0, 0.1) is 0 Å². The number of rotatable bonds is 1. The Labute approximate surface area is 193 Å². The Morgan fingerprint density at radius 1 is 0.969 bits per heavy atom.